The zero-order valence-corrected chi connectivity index (χ0v) is 10.2. The van der Waals surface area contributed by atoms with Crippen molar-refractivity contribution in [3.63, 3.8) is 0 Å². The molecule has 1 saturated carbocycles. The van der Waals surface area contributed by atoms with Crippen molar-refractivity contribution in [1.29, 1.82) is 0 Å². The maximum Gasteiger partial charge on any atom is 0.277 e. The number of hydrogen-bond donors (Lipinski definition) is 3. The van der Waals surface area contributed by atoms with Crippen LogP contribution in [0.3, 0.4) is 0 Å². The van der Waals surface area contributed by atoms with Crippen LogP contribution in [0.15, 0.2) is 0 Å². The lowest BCUT2D eigenvalue weighted by Crippen LogP contribution is -2.38. The average Bonchev–Trinajstić information content (AvgIpc) is 2.86. The molecule has 4 N–H and O–H groups in total. The van der Waals surface area contributed by atoms with Gasteiger partial charge in [0, 0.05) is 12.6 Å². The van der Waals surface area contributed by atoms with Gasteiger partial charge in [0.1, 0.15) is 0 Å². The summed E-state index contributed by atoms with van der Waals surface area (Å²) in [6, 6.07) is 0.152. The Bertz CT molecular complexity index is 312. The molecular formula is C8H17N3O2S2. The van der Waals surface area contributed by atoms with Crippen molar-refractivity contribution >= 4 is 27.4 Å². The fourth-order valence-corrected chi connectivity index (χ4v) is 2.41. The third kappa shape index (κ3) is 6.77. The fourth-order valence-electron chi connectivity index (χ4n) is 1.09. The molecule has 0 amide bonds. The van der Waals surface area contributed by atoms with Crippen molar-refractivity contribution in [3.05, 3.63) is 0 Å². The number of hydrogen-bond acceptors (Lipinski definition) is 3. The molecule has 0 aromatic carbocycles. The van der Waals surface area contributed by atoms with Gasteiger partial charge in [-0.3, -0.25) is 0 Å². The first-order valence-electron chi connectivity index (χ1n) is 5.05. The lowest BCUT2D eigenvalue weighted by atomic mass is 10.2. The third-order valence-corrected chi connectivity index (χ3v) is 3.47. The standard InChI is InChI=1S/C8H17N3O2S2/c9-8(14)3-1-2-6-10-15(12,13)11-7-4-5-7/h7,10-11H,1-6H2,(H2,9,14). The van der Waals surface area contributed by atoms with Crippen LogP contribution >= 0.6 is 12.2 Å². The monoisotopic (exact) mass is 251 g/mol. The number of thiocarbonyl (C=S) groups is 1. The normalized spacial score (nSPS) is 16.5. The van der Waals surface area contributed by atoms with Crippen molar-refractivity contribution in [2.45, 2.75) is 38.1 Å². The number of unbranched alkanes of at least 4 members (excludes halogenated alkanes) is 1. The van der Waals surface area contributed by atoms with E-state index in [0.29, 0.717) is 18.0 Å². The van der Waals surface area contributed by atoms with E-state index < -0.39 is 10.2 Å². The molecule has 0 aromatic rings. The van der Waals surface area contributed by atoms with Gasteiger partial charge in [-0.1, -0.05) is 12.2 Å². The summed E-state index contributed by atoms with van der Waals surface area (Å²) in [5.74, 6) is 0. The molecule has 7 heteroatoms. The number of rotatable bonds is 8. The maximum absolute atomic E-state index is 11.3. The van der Waals surface area contributed by atoms with Gasteiger partial charge in [0.05, 0.1) is 4.99 Å². The second-order valence-electron chi connectivity index (χ2n) is 3.71. The van der Waals surface area contributed by atoms with Gasteiger partial charge in [-0.25, -0.2) is 4.72 Å². The van der Waals surface area contributed by atoms with Crippen LogP contribution in [0.4, 0.5) is 0 Å². The summed E-state index contributed by atoms with van der Waals surface area (Å²) < 4.78 is 27.6. The lowest BCUT2D eigenvalue weighted by molar-refractivity contribution is 0.562. The van der Waals surface area contributed by atoms with Crippen molar-refractivity contribution in [2.75, 3.05) is 6.54 Å². The minimum Gasteiger partial charge on any atom is -0.393 e. The second kappa shape index (κ2) is 5.74. The van der Waals surface area contributed by atoms with Gasteiger partial charge < -0.3 is 5.73 Å². The van der Waals surface area contributed by atoms with Crippen molar-refractivity contribution in [2.24, 2.45) is 5.73 Å². The summed E-state index contributed by atoms with van der Waals surface area (Å²) in [4.78, 5) is 0.481. The van der Waals surface area contributed by atoms with Crippen molar-refractivity contribution in [3.8, 4) is 0 Å². The van der Waals surface area contributed by atoms with Gasteiger partial charge in [0.25, 0.3) is 10.2 Å². The average molecular weight is 251 g/mol. The minimum absolute atomic E-state index is 0.152. The van der Waals surface area contributed by atoms with Crippen LogP contribution in [0.1, 0.15) is 32.1 Å². The smallest absolute Gasteiger partial charge is 0.277 e. The van der Waals surface area contributed by atoms with Crippen LogP contribution in [0.5, 0.6) is 0 Å². The first-order valence-corrected chi connectivity index (χ1v) is 6.94. The molecule has 0 heterocycles. The molecule has 0 saturated heterocycles. The summed E-state index contributed by atoms with van der Waals surface area (Å²) in [7, 11) is -3.28. The van der Waals surface area contributed by atoms with E-state index >= 15 is 0 Å². The summed E-state index contributed by atoms with van der Waals surface area (Å²) in [6.45, 7) is 0.435. The van der Waals surface area contributed by atoms with E-state index in [9.17, 15) is 8.42 Å². The van der Waals surface area contributed by atoms with Crippen LogP contribution in [-0.2, 0) is 10.2 Å². The van der Waals surface area contributed by atoms with Gasteiger partial charge in [-0.15, -0.1) is 0 Å². The molecule has 0 unspecified atom stereocenters. The fraction of sp³-hybridized carbons (Fsp3) is 0.875. The Hall–Kier alpha value is -0.240. The van der Waals surface area contributed by atoms with Gasteiger partial charge in [-0.05, 0) is 32.1 Å². The largest absolute Gasteiger partial charge is 0.393 e. The zero-order chi connectivity index (χ0) is 11.3. The van der Waals surface area contributed by atoms with E-state index in [2.05, 4.69) is 9.44 Å². The second-order valence-corrected chi connectivity index (χ2v) is 5.77. The van der Waals surface area contributed by atoms with E-state index in [1.165, 1.54) is 0 Å². The molecule has 0 aromatic heterocycles. The molecule has 0 spiro atoms. The van der Waals surface area contributed by atoms with Gasteiger partial charge in [0.15, 0.2) is 0 Å². The highest BCUT2D eigenvalue weighted by Crippen LogP contribution is 2.19. The Labute approximate surface area is 96.0 Å². The van der Waals surface area contributed by atoms with E-state index in [0.717, 1.165) is 25.7 Å². The van der Waals surface area contributed by atoms with E-state index in [4.69, 9.17) is 18.0 Å². The van der Waals surface area contributed by atoms with Crippen molar-refractivity contribution < 1.29 is 8.42 Å². The van der Waals surface area contributed by atoms with Crippen LogP contribution in [0, 0.1) is 0 Å². The molecule has 1 aliphatic carbocycles. The first kappa shape index (κ1) is 12.8. The first-order chi connectivity index (χ1) is 6.99. The molecular weight excluding hydrogens is 234 g/mol. The van der Waals surface area contributed by atoms with Gasteiger partial charge >= 0.3 is 0 Å². The van der Waals surface area contributed by atoms with Gasteiger partial charge in [-0.2, -0.15) is 13.1 Å². The zero-order valence-electron chi connectivity index (χ0n) is 8.53. The van der Waals surface area contributed by atoms with Crippen LogP contribution in [-0.4, -0.2) is 26.0 Å². The maximum atomic E-state index is 11.3. The molecule has 0 aliphatic heterocycles. The lowest BCUT2D eigenvalue weighted by Gasteiger charge is -2.06. The van der Waals surface area contributed by atoms with E-state index in [1.54, 1.807) is 0 Å². The Kier molecular flexibility index (Phi) is 4.91. The molecule has 88 valence electrons. The van der Waals surface area contributed by atoms with Crippen molar-refractivity contribution in [1.82, 2.24) is 9.44 Å². The van der Waals surface area contributed by atoms with Crippen LogP contribution in [0.2, 0.25) is 0 Å². The quantitative estimate of drug-likeness (QED) is 0.420. The Morgan fingerprint density at radius 2 is 2.07 bits per heavy atom. The molecule has 5 nitrogen and oxygen atoms in total. The van der Waals surface area contributed by atoms with E-state index in [1.807, 2.05) is 0 Å². The summed E-state index contributed by atoms with van der Waals surface area (Å²) in [6.07, 6.45) is 4.14. The topological polar surface area (TPSA) is 84.2 Å². The highest BCUT2D eigenvalue weighted by Gasteiger charge is 2.26. The molecule has 1 fully saturated rings. The van der Waals surface area contributed by atoms with E-state index in [-0.39, 0.29) is 6.04 Å². The minimum atomic E-state index is -3.28. The number of nitrogens with one attached hydrogen (secondary N) is 2. The summed E-state index contributed by atoms with van der Waals surface area (Å²) in [5, 5.41) is 0. The molecule has 1 rings (SSSR count). The Morgan fingerprint density at radius 1 is 1.40 bits per heavy atom. The molecule has 1 aliphatic rings. The SMILES string of the molecule is NC(=S)CCCCNS(=O)(=O)NC1CC1. The third-order valence-electron chi connectivity index (χ3n) is 2.04. The predicted molar refractivity (Wildman–Crippen MR) is 63.7 cm³/mol. The molecule has 0 bridgehead atoms. The Balaban J connectivity index is 2.05. The highest BCUT2D eigenvalue weighted by molar-refractivity contribution is 7.87. The molecule has 0 atom stereocenters. The predicted octanol–water partition coefficient (Wildman–Crippen LogP) is 0.0292. The van der Waals surface area contributed by atoms with Crippen LogP contribution < -0.4 is 15.2 Å². The molecule has 15 heavy (non-hydrogen) atoms. The summed E-state index contributed by atoms with van der Waals surface area (Å²) >= 11 is 4.71. The van der Waals surface area contributed by atoms with Crippen LogP contribution in [0.25, 0.3) is 0 Å². The number of nitrogens with two attached hydrogens (primary N) is 1. The van der Waals surface area contributed by atoms with Gasteiger partial charge in [0.2, 0.25) is 0 Å². The summed E-state index contributed by atoms with van der Waals surface area (Å²) in [5.41, 5.74) is 5.32. The molecule has 0 radical (unpaired) electrons. The Morgan fingerprint density at radius 3 is 2.60 bits per heavy atom. The highest BCUT2D eigenvalue weighted by atomic mass is 32.2.